The maximum atomic E-state index is 13.4. The van der Waals surface area contributed by atoms with E-state index in [9.17, 15) is 22.4 Å². The Morgan fingerprint density at radius 3 is 2.25 bits per heavy atom. The molecule has 0 atom stereocenters. The molecule has 7 heteroatoms. The van der Waals surface area contributed by atoms with Gasteiger partial charge in [0.2, 0.25) is 0 Å². The van der Waals surface area contributed by atoms with Crippen molar-refractivity contribution in [1.29, 1.82) is 0 Å². The zero-order valence-corrected chi connectivity index (χ0v) is 9.75. The van der Waals surface area contributed by atoms with Gasteiger partial charge in [-0.3, -0.25) is 0 Å². The molecule has 0 aliphatic rings. The molecule has 0 radical (unpaired) electrons. The highest BCUT2D eigenvalue weighted by Gasteiger charge is 2.15. The maximum absolute atomic E-state index is 13.4. The first-order chi connectivity index (χ1) is 9.40. The third-order valence-electron chi connectivity index (χ3n) is 2.51. The lowest BCUT2D eigenvalue weighted by atomic mass is 10.2. The summed E-state index contributed by atoms with van der Waals surface area (Å²) in [4.78, 5) is 10.7. The fourth-order valence-electron chi connectivity index (χ4n) is 1.54. The van der Waals surface area contributed by atoms with Crippen molar-refractivity contribution in [2.24, 2.45) is 0 Å². The molecule has 20 heavy (non-hydrogen) atoms. The van der Waals surface area contributed by atoms with Crippen LogP contribution < -0.4 is 5.32 Å². The number of anilines is 2. The average Bonchev–Trinajstić information content (AvgIpc) is 2.41. The molecule has 3 nitrogen and oxygen atoms in total. The zero-order valence-electron chi connectivity index (χ0n) is 9.75. The van der Waals surface area contributed by atoms with E-state index in [1.807, 2.05) is 0 Å². The zero-order chi connectivity index (χ0) is 14.9. The standard InChI is InChI=1S/C13H7F4NO2/c14-8-2-1-6(5-7(8)13(19)20)18-10-4-3-9(15)11(16)12(10)17/h1-5,18H,(H,19,20). The number of hydrogen-bond acceptors (Lipinski definition) is 2. The van der Waals surface area contributed by atoms with Crippen LogP contribution in [0.25, 0.3) is 0 Å². The van der Waals surface area contributed by atoms with Crippen LogP contribution in [0, 0.1) is 23.3 Å². The quantitative estimate of drug-likeness (QED) is 0.668. The maximum Gasteiger partial charge on any atom is 0.338 e. The van der Waals surface area contributed by atoms with Crippen molar-refractivity contribution < 1.29 is 27.5 Å². The van der Waals surface area contributed by atoms with Crippen molar-refractivity contribution in [1.82, 2.24) is 0 Å². The molecule has 2 aromatic rings. The molecule has 104 valence electrons. The van der Waals surface area contributed by atoms with Gasteiger partial charge in [-0.1, -0.05) is 0 Å². The number of hydrogen-bond donors (Lipinski definition) is 2. The number of halogens is 4. The SMILES string of the molecule is O=C(O)c1cc(Nc2ccc(F)c(F)c2F)ccc1F. The Morgan fingerprint density at radius 1 is 0.950 bits per heavy atom. The molecule has 0 aliphatic heterocycles. The topological polar surface area (TPSA) is 49.3 Å². The van der Waals surface area contributed by atoms with Gasteiger partial charge in [0, 0.05) is 5.69 Å². The lowest BCUT2D eigenvalue weighted by Crippen LogP contribution is -2.03. The third kappa shape index (κ3) is 2.56. The van der Waals surface area contributed by atoms with Crippen molar-refractivity contribution >= 4 is 17.3 Å². The Bertz CT molecular complexity index is 688. The summed E-state index contributed by atoms with van der Waals surface area (Å²) in [6.07, 6.45) is 0. The second kappa shape index (κ2) is 5.20. The van der Waals surface area contributed by atoms with Crippen LogP contribution in [-0.4, -0.2) is 11.1 Å². The monoisotopic (exact) mass is 285 g/mol. The second-order valence-electron chi connectivity index (χ2n) is 3.85. The summed E-state index contributed by atoms with van der Waals surface area (Å²) in [5, 5.41) is 11.1. The first-order valence-corrected chi connectivity index (χ1v) is 5.33. The van der Waals surface area contributed by atoms with E-state index in [-0.39, 0.29) is 5.69 Å². The van der Waals surface area contributed by atoms with E-state index in [2.05, 4.69) is 5.32 Å². The molecule has 0 aromatic heterocycles. The van der Waals surface area contributed by atoms with Crippen LogP contribution in [0.5, 0.6) is 0 Å². The minimum absolute atomic E-state index is 0.0220. The molecule has 2 N–H and O–H groups in total. The molecule has 2 aromatic carbocycles. The Hall–Kier alpha value is -2.57. The van der Waals surface area contributed by atoms with Gasteiger partial charge in [0.25, 0.3) is 0 Å². The summed E-state index contributed by atoms with van der Waals surface area (Å²) in [5.74, 6) is -6.93. The van der Waals surface area contributed by atoms with Crippen molar-refractivity contribution in [3.8, 4) is 0 Å². The molecule has 2 rings (SSSR count). The van der Waals surface area contributed by atoms with E-state index in [1.165, 1.54) is 0 Å². The number of aromatic carboxylic acids is 1. The van der Waals surface area contributed by atoms with Crippen molar-refractivity contribution in [2.45, 2.75) is 0 Å². The van der Waals surface area contributed by atoms with E-state index in [0.717, 1.165) is 24.3 Å². The van der Waals surface area contributed by atoms with Crippen LogP contribution in [0.1, 0.15) is 10.4 Å². The molecule has 0 saturated carbocycles. The van der Waals surface area contributed by atoms with Crippen LogP contribution in [-0.2, 0) is 0 Å². The summed E-state index contributed by atoms with van der Waals surface area (Å²) in [7, 11) is 0. The van der Waals surface area contributed by atoms with Gasteiger partial charge in [0.1, 0.15) is 5.82 Å². The minimum Gasteiger partial charge on any atom is -0.478 e. The summed E-state index contributed by atoms with van der Waals surface area (Å²) >= 11 is 0. The van der Waals surface area contributed by atoms with Crippen molar-refractivity contribution in [3.05, 3.63) is 59.2 Å². The summed E-state index contributed by atoms with van der Waals surface area (Å²) in [6, 6.07) is 4.57. The van der Waals surface area contributed by atoms with Gasteiger partial charge < -0.3 is 10.4 Å². The molecule has 0 saturated heterocycles. The lowest BCUT2D eigenvalue weighted by Gasteiger charge is -2.09. The highest BCUT2D eigenvalue weighted by atomic mass is 19.2. The summed E-state index contributed by atoms with van der Waals surface area (Å²) in [5.41, 5.74) is -1.00. The molecule has 0 unspecified atom stereocenters. The van der Waals surface area contributed by atoms with Gasteiger partial charge in [-0.15, -0.1) is 0 Å². The molecule has 0 bridgehead atoms. The number of rotatable bonds is 3. The Balaban J connectivity index is 2.38. The molecule has 0 amide bonds. The van der Waals surface area contributed by atoms with Crippen LogP contribution >= 0.6 is 0 Å². The summed E-state index contributed by atoms with van der Waals surface area (Å²) in [6.45, 7) is 0. The predicted molar refractivity (Wildman–Crippen MR) is 63.0 cm³/mol. The fourth-order valence-corrected chi connectivity index (χ4v) is 1.54. The number of carboxylic acids is 1. The second-order valence-corrected chi connectivity index (χ2v) is 3.85. The molecule has 0 fully saturated rings. The third-order valence-corrected chi connectivity index (χ3v) is 2.51. The fraction of sp³-hybridized carbons (Fsp3) is 0. The average molecular weight is 285 g/mol. The molecule has 0 spiro atoms. The highest BCUT2D eigenvalue weighted by molar-refractivity contribution is 5.89. The number of benzene rings is 2. The Labute approximate surface area is 110 Å². The van der Waals surface area contributed by atoms with Gasteiger partial charge in [0.15, 0.2) is 17.5 Å². The van der Waals surface area contributed by atoms with Crippen molar-refractivity contribution in [3.63, 3.8) is 0 Å². The molecule has 0 heterocycles. The van der Waals surface area contributed by atoms with E-state index in [4.69, 9.17) is 5.11 Å². The molecular formula is C13H7F4NO2. The van der Waals surface area contributed by atoms with Crippen LogP contribution in [0.15, 0.2) is 30.3 Å². The Morgan fingerprint density at radius 2 is 1.60 bits per heavy atom. The number of carboxylic acid groups (broad SMARTS) is 1. The normalized spacial score (nSPS) is 10.4. The number of carbonyl (C=O) groups is 1. The van der Waals surface area contributed by atoms with Gasteiger partial charge in [-0.05, 0) is 30.3 Å². The Kier molecular flexibility index (Phi) is 3.60. The summed E-state index contributed by atoms with van der Waals surface area (Å²) < 4.78 is 52.4. The smallest absolute Gasteiger partial charge is 0.338 e. The van der Waals surface area contributed by atoms with E-state index < -0.39 is 40.5 Å². The van der Waals surface area contributed by atoms with E-state index in [0.29, 0.717) is 6.07 Å². The predicted octanol–water partition coefficient (Wildman–Crippen LogP) is 3.68. The first kappa shape index (κ1) is 13.9. The largest absolute Gasteiger partial charge is 0.478 e. The van der Waals surface area contributed by atoms with Gasteiger partial charge in [-0.25, -0.2) is 22.4 Å². The first-order valence-electron chi connectivity index (χ1n) is 5.33. The van der Waals surface area contributed by atoms with E-state index >= 15 is 0 Å². The highest BCUT2D eigenvalue weighted by Crippen LogP contribution is 2.24. The van der Waals surface area contributed by atoms with Crippen molar-refractivity contribution in [2.75, 3.05) is 5.32 Å². The van der Waals surface area contributed by atoms with Crippen LogP contribution in [0.2, 0.25) is 0 Å². The lowest BCUT2D eigenvalue weighted by molar-refractivity contribution is 0.0692. The van der Waals surface area contributed by atoms with Gasteiger partial charge in [0.05, 0.1) is 11.3 Å². The molecular weight excluding hydrogens is 278 g/mol. The minimum atomic E-state index is -1.66. The van der Waals surface area contributed by atoms with Gasteiger partial charge in [-0.2, -0.15) is 0 Å². The number of nitrogens with one attached hydrogen (secondary N) is 1. The van der Waals surface area contributed by atoms with Crippen LogP contribution in [0.4, 0.5) is 28.9 Å². The van der Waals surface area contributed by atoms with Gasteiger partial charge >= 0.3 is 5.97 Å². The molecule has 0 aliphatic carbocycles. The van der Waals surface area contributed by atoms with Crippen LogP contribution in [0.3, 0.4) is 0 Å². The van der Waals surface area contributed by atoms with E-state index in [1.54, 1.807) is 0 Å².